The van der Waals surface area contributed by atoms with Crippen LogP contribution in [0.25, 0.3) is 0 Å². The molecule has 0 spiro atoms. The van der Waals surface area contributed by atoms with Crippen LogP contribution in [0, 0.1) is 16.1 Å². The summed E-state index contributed by atoms with van der Waals surface area (Å²) in [6, 6.07) is 9.27. The van der Waals surface area contributed by atoms with Gasteiger partial charge >= 0.3 is 0 Å². The highest BCUT2D eigenvalue weighted by Gasteiger charge is 2.05. The molecule has 1 aromatic carbocycles. The van der Waals surface area contributed by atoms with Crippen LogP contribution in [0.1, 0.15) is 17.0 Å². The molecule has 0 bridgehead atoms. The van der Waals surface area contributed by atoms with Crippen LogP contribution in [-0.2, 0) is 13.2 Å². The van der Waals surface area contributed by atoms with Gasteiger partial charge in [0.05, 0.1) is 18.2 Å². The molecule has 0 aliphatic rings. The van der Waals surface area contributed by atoms with Gasteiger partial charge in [-0.05, 0) is 29.9 Å². The summed E-state index contributed by atoms with van der Waals surface area (Å²) in [7, 11) is 0. The standard InChI is InChI=1S/C11H10N4OS/c12-5-8-1-3-9(4-2-8)6-15-10(7-16)13-14-11(15)17/h1-4,16H,6-7H2,(H,14,17). The molecule has 0 aliphatic heterocycles. The first-order chi connectivity index (χ1) is 8.24. The van der Waals surface area contributed by atoms with E-state index in [2.05, 4.69) is 16.3 Å². The zero-order valence-electron chi connectivity index (χ0n) is 8.92. The Morgan fingerprint density at radius 3 is 2.71 bits per heavy atom. The maximum absolute atomic E-state index is 9.10. The van der Waals surface area contributed by atoms with Gasteiger partial charge in [0.1, 0.15) is 6.61 Å². The first-order valence-corrected chi connectivity index (χ1v) is 5.39. The lowest BCUT2D eigenvalue weighted by Gasteiger charge is -2.05. The van der Waals surface area contributed by atoms with E-state index in [0.717, 1.165) is 5.56 Å². The van der Waals surface area contributed by atoms with E-state index in [0.29, 0.717) is 22.7 Å². The monoisotopic (exact) mass is 246 g/mol. The number of aromatic amines is 1. The Balaban J connectivity index is 2.28. The number of hydrogen-bond donors (Lipinski definition) is 2. The number of benzene rings is 1. The van der Waals surface area contributed by atoms with Crippen molar-refractivity contribution in [3.05, 3.63) is 46.0 Å². The van der Waals surface area contributed by atoms with Crippen LogP contribution in [0.5, 0.6) is 0 Å². The third-order valence-corrected chi connectivity index (χ3v) is 2.71. The van der Waals surface area contributed by atoms with Gasteiger partial charge in [0.2, 0.25) is 0 Å². The number of nitriles is 1. The quantitative estimate of drug-likeness (QED) is 0.801. The van der Waals surface area contributed by atoms with Crippen LogP contribution in [0.3, 0.4) is 0 Å². The Morgan fingerprint density at radius 2 is 2.12 bits per heavy atom. The van der Waals surface area contributed by atoms with Gasteiger partial charge in [0, 0.05) is 0 Å². The van der Waals surface area contributed by atoms with Gasteiger partial charge < -0.3 is 5.11 Å². The topological polar surface area (TPSA) is 77.6 Å². The van der Waals surface area contributed by atoms with Crippen molar-refractivity contribution < 1.29 is 5.11 Å². The van der Waals surface area contributed by atoms with Crippen molar-refractivity contribution in [3.8, 4) is 6.07 Å². The highest BCUT2D eigenvalue weighted by atomic mass is 32.1. The van der Waals surface area contributed by atoms with Gasteiger partial charge in [-0.15, -0.1) is 0 Å². The van der Waals surface area contributed by atoms with Gasteiger partial charge in [0.25, 0.3) is 0 Å². The minimum atomic E-state index is -0.163. The third-order valence-electron chi connectivity index (χ3n) is 2.40. The van der Waals surface area contributed by atoms with Gasteiger partial charge in [-0.3, -0.25) is 9.67 Å². The molecule has 6 heteroatoms. The molecular weight excluding hydrogens is 236 g/mol. The maximum Gasteiger partial charge on any atom is 0.195 e. The molecule has 17 heavy (non-hydrogen) atoms. The maximum atomic E-state index is 9.10. The van der Waals surface area contributed by atoms with Crippen molar-refractivity contribution in [1.82, 2.24) is 14.8 Å². The molecule has 5 nitrogen and oxygen atoms in total. The molecule has 2 rings (SSSR count). The minimum Gasteiger partial charge on any atom is -0.388 e. The molecule has 1 aromatic heterocycles. The smallest absolute Gasteiger partial charge is 0.195 e. The summed E-state index contributed by atoms with van der Waals surface area (Å²) in [5, 5.41) is 24.3. The zero-order chi connectivity index (χ0) is 12.3. The molecule has 86 valence electrons. The summed E-state index contributed by atoms with van der Waals surface area (Å²) in [5.74, 6) is 0.499. The van der Waals surface area contributed by atoms with Gasteiger partial charge in [-0.1, -0.05) is 12.1 Å². The summed E-state index contributed by atoms with van der Waals surface area (Å²) in [5.41, 5.74) is 1.61. The number of aliphatic hydroxyl groups is 1. The average molecular weight is 246 g/mol. The van der Waals surface area contributed by atoms with Crippen molar-refractivity contribution in [2.45, 2.75) is 13.2 Å². The molecule has 2 aromatic rings. The Kier molecular flexibility index (Phi) is 3.32. The highest BCUT2D eigenvalue weighted by molar-refractivity contribution is 7.71. The fourth-order valence-electron chi connectivity index (χ4n) is 1.50. The lowest BCUT2D eigenvalue weighted by molar-refractivity contribution is 0.265. The van der Waals surface area contributed by atoms with E-state index in [1.54, 1.807) is 16.7 Å². The summed E-state index contributed by atoms with van der Waals surface area (Å²) in [4.78, 5) is 0. The predicted octanol–water partition coefficient (Wildman–Crippen LogP) is 1.35. The van der Waals surface area contributed by atoms with Crippen LogP contribution in [0.4, 0.5) is 0 Å². The number of rotatable bonds is 3. The second-order valence-electron chi connectivity index (χ2n) is 3.50. The average Bonchev–Trinajstić information content (AvgIpc) is 2.71. The van der Waals surface area contributed by atoms with Gasteiger partial charge in [-0.2, -0.15) is 10.4 Å². The van der Waals surface area contributed by atoms with Gasteiger partial charge in [0.15, 0.2) is 10.6 Å². The van der Waals surface area contributed by atoms with E-state index >= 15 is 0 Å². The van der Waals surface area contributed by atoms with Crippen LogP contribution in [0.15, 0.2) is 24.3 Å². The molecule has 0 radical (unpaired) electrons. The largest absolute Gasteiger partial charge is 0.388 e. The van der Waals surface area contributed by atoms with E-state index in [1.807, 2.05) is 12.1 Å². The Labute approximate surface area is 103 Å². The Hall–Kier alpha value is -1.97. The van der Waals surface area contributed by atoms with Crippen LogP contribution >= 0.6 is 12.2 Å². The van der Waals surface area contributed by atoms with Crippen molar-refractivity contribution in [1.29, 1.82) is 5.26 Å². The fraction of sp³-hybridized carbons (Fsp3) is 0.182. The highest BCUT2D eigenvalue weighted by Crippen LogP contribution is 2.07. The molecule has 0 unspecified atom stereocenters. The molecule has 0 saturated heterocycles. The van der Waals surface area contributed by atoms with Crippen LogP contribution in [-0.4, -0.2) is 19.9 Å². The second kappa shape index (κ2) is 4.91. The molecular formula is C11H10N4OS. The van der Waals surface area contributed by atoms with Crippen LogP contribution < -0.4 is 0 Å². The van der Waals surface area contributed by atoms with E-state index in [4.69, 9.17) is 22.6 Å². The number of aliphatic hydroxyl groups excluding tert-OH is 1. The second-order valence-corrected chi connectivity index (χ2v) is 3.88. The van der Waals surface area contributed by atoms with Crippen molar-refractivity contribution in [2.24, 2.45) is 0 Å². The molecule has 0 fully saturated rings. The molecule has 1 heterocycles. The first kappa shape index (κ1) is 11.5. The molecule has 0 amide bonds. The molecule has 2 N–H and O–H groups in total. The third kappa shape index (κ3) is 2.41. The van der Waals surface area contributed by atoms with Crippen molar-refractivity contribution in [3.63, 3.8) is 0 Å². The summed E-state index contributed by atoms with van der Waals surface area (Å²) in [6.45, 7) is 0.361. The predicted molar refractivity (Wildman–Crippen MR) is 63.6 cm³/mol. The number of aromatic nitrogens is 3. The van der Waals surface area contributed by atoms with Gasteiger partial charge in [-0.25, -0.2) is 0 Å². The number of H-pyrrole nitrogens is 1. The Bertz CT molecular complexity index is 606. The van der Waals surface area contributed by atoms with E-state index < -0.39 is 0 Å². The molecule has 0 aliphatic carbocycles. The lowest BCUT2D eigenvalue weighted by atomic mass is 10.1. The zero-order valence-corrected chi connectivity index (χ0v) is 9.74. The van der Waals surface area contributed by atoms with Crippen molar-refractivity contribution in [2.75, 3.05) is 0 Å². The van der Waals surface area contributed by atoms with E-state index in [1.165, 1.54) is 0 Å². The number of hydrogen-bond acceptors (Lipinski definition) is 4. The minimum absolute atomic E-state index is 0.163. The van der Waals surface area contributed by atoms with Crippen molar-refractivity contribution >= 4 is 12.2 Å². The number of nitrogens with one attached hydrogen (secondary N) is 1. The van der Waals surface area contributed by atoms with E-state index in [-0.39, 0.29) is 6.61 Å². The fourth-order valence-corrected chi connectivity index (χ4v) is 1.72. The molecule has 0 saturated carbocycles. The lowest BCUT2D eigenvalue weighted by Crippen LogP contribution is -2.05. The summed E-state index contributed by atoms with van der Waals surface area (Å²) >= 11 is 5.07. The molecule has 0 atom stereocenters. The Morgan fingerprint density at radius 1 is 1.41 bits per heavy atom. The number of nitrogens with zero attached hydrogens (tertiary/aromatic N) is 3. The summed E-state index contributed by atoms with van der Waals surface area (Å²) in [6.07, 6.45) is 0. The van der Waals surface area contributed by atoms with E-state index in [9.17, 15) is 0 Å². The summed E-state index contributed by atoms with van der Waals surface area (Å²) < 4.78 is 2.19. The normalized spacial score (nSPS) is 10.1. The SMILES string of the molecule is N#Cc1ccc(Cn2c(CO)n[nH]c2=S)cc1. The first-order valence-electron chi connectivity index (χ1n) is 4.98. The van der Waals surface area contributed by atoms with Crippen LogP contribution in [0.2, 0.25) is 0 Å².